The number of hydrogen-bond acceptors (Lipinski definition) is 5. The first-order chi connectivity index (χ1) is 12.9. The first kappa shape index (κ1) is 24.1. The van der Waals surface area contributed by atoms with Gasteiger partial charge in [-0.2, -0.15) is 8.42 Å². The van der Waals surface area contributed by atoms with Crippen LogP contribution in [0.4, 0.5) is 0 Å². The van der Waals surface area contributed by atoms with E-state index in [0.29, 0.717) is 0 Å². The van der Waals surface area contributed by atoms with Gasteiger partial charge >= 0.3 is 0 Å². The fourth-order valence-corrected chi connectivity index (χ4v) is 3.60. The minimum atomic E-state index is -4.17. The highest BCUT2D eigenvalue weighted by Crippen LogP contribution is 2.24. The molecule has 0 aliphatic rings. The number of aliphatic hydroxyl groups is 1. The molecule has 0 spiro atoms. The van der Waals surface area contributed by atoms with Gasteiger partial charge in [0.2, 0.25) is 6.29 Å². The molecule has 0 aromatic carbocycles. The number of ether oxygens (including phenoxy) is 1. The summed E-state index contributed by atoms with van der Waals surface area (Å²) < 4.78 is 41.9. The van der Waals surface area contributed by atoms with Gasteiger partial charge in [0.15, 0.2) is 5.76 Å². The van der Waals surface area contributed by atoms with Crippen LogP contribution in [0.3, 0.4) is 0 Å². The minimum Gasteiger partial charge on any atom is -0.459 e. The second kappa shape index (κ2) is 13.3. The molecule has 0 saturated heterocycles. The highest BCUT2D eigenvalue weighted by molar-refractivity contribution is 7.84. The summed E-state index contributed by atoms with van der Waals surface area (Å²) in [5.41, 5.74) is 0. The Kier molecular flexibility index (Phi) is 11.9. The average Bonchev–Trinajstić information content (AvgIpc) is 3.04. The molecule has 6 nitrogen and oxygen atoms in total. The number of unbranched alkanes of at least 4 members (excludes halogenated alkanes) is 7. The molecule has 2 unspecified atom stereocenters. The Morgan fingerprint density at radius 2 is 1.52 bits per heavy atom. The average molecular weight is 405 g/mol. The van der Waals surface area contributed by atoms with E-state index < -0.39 is 22.2 Å². The Morgan fingerprint density at radius 1 is 0.963 bits per heavy atom. The zero-order valence-electron chi connectivity index (χ0n) is 16.7. The standard InChI is InChI=1S/C20H36O6S/c1-3-5-7-9-11-13-17(12-10-8-6-4-2)26-20(21)19-15-14-18(25-19)16-27(22,23)24/h14-15,17,20-21H,3-13,16H2,1-2H3,(H,22,23,24). The number of furan rings is 1. The maximum absolute atomic E-state index is 10.9. The second-order valence-electron chi connectivity index (χ2n) is 7.19. The molecule has 0 saturated carbocycles. The summed E-state index contributed by atoms with van der Waals surface area (Å²) in [6.45, 7) is 4.36. The molecular formula is C20H36O6S. The molecule has 0 fully saturated rings. The van der Waals surface area contributed by atoms with Crippen LogP contribution in [-0.2, 0) is 20.6 Å². The van der Waals surface area contributed by atoms with Crippen LogP contribution in [0.2, 0.25) is 0 Å². The summed E-state index contributed by atoms with van der Waals surface area (Å²) in [7, 11) is -4.17. The van der Waals surface area contributed by atoms with E-state index in [4.69, 9.17) is 13.7 Å². The van der Waals surface area contributed by atoms with Gasteiger partial charge in [0.1, 0.15) is 11.5 Å². The van der Waals surface area contributed by atoms with Gasteiger partial charge < -0.3 is 14.3 Å². The molecule has 1 rings (SSSR count). The summed E-state index contributed by atoms with van der Waals surface area (Å²) >= 11 is 0. The van der Waals surface area contributed by atoms with Crippen LogP contribution in [-0.4, -0.2) is 24.2 Å². The van der Waals surface area contributed by atoms with Crippen molar-refractivity contribution in [3.63, 3.8) is 0 Å². The van der Waals surface area contributed by atoms with Gasteiger partial charge in [-0.25, -0.2) is 0 Å². The van der Waals surface area contributed by atoms with E-state index in [1.807, 2.05) is 0 Å². The van der Waals surface area contributed by atoms with E-state index >= 15 is 0 Å². The lowest BCUT2D eigenvalue weighted by Gasteiger charge is -2.21. The lowest BCUT2D eigenvalue weighted by atomic mass is 10.0. The van der Waals surface area contributed by atoms with Crippen molar-refractivity contribution in [1.82, 2.24) is 0 Å². The van der Waals surface area contributed by atoms with Crippen LogP contribution < -0.4 is 0 Å². The molecule has 1 heterocycles. The van der Waals surface area contributed by atoms with Crippen LogP contribution >= 0.6 is 0 Å². The Hall–Kier alpha value is -0.890. The Balaban J connectivity index is 2.54. The van der Waals surface area contributed by atoms with Gasteiger partial charge in [-0.3, -0.25) is 4.55 Å². The van der Waals surface area contributed by atoms with Gasteiger partial charge in [-0.1, -0.05) is 71.6 Å². The Labute approximate surface area is 164 Å². The van der Waals surface area contributed by atoms with Crippen LogP contribution in [0.25, 0.3) is 0 Å². The first-order valence-electron chi connectivity index (χ1n) is 10.2. The Bertz CT molecular complexity index is 595. The number of hydrogen-bond donors (Lipinski definition) is 2. The minimum absolute atomic E-state index is 0.0476. The van der Waals surface area contributed by atoms with Crippen molar-refractivity contribution in [1.29, 1.82) is 0 Å². The molecule has 1 aromatic heterocycles. The van der Waals surface area contributed by atoms with Crippen LogP contribution in [0.5, 0.6) is 0 Å². The largest absolute Gasteiger partial charge is 0.459 e. The molecule has 27 heavy (non-hydrogen) atoms. The topological polar surface area (TPSA) is 97.0 Å². The summed E-state index contributed by atoms with van der Waals surface area (Å²) in [5.74, 6) is -0.371. The molecule has 0 radical (unpaired) electrons. The second-order valence-corrected chi connectivity index (χ2v) is 8.65. The third-order valence-corrected chi connectivity index (χ3v) is 5.23. The predicted molar refractivity (Wildman–Crippen MR) is 106 cm³/mol. The van der Waals surface area contributed by atoms with Crippen molar-refractivity contribution in [3.8, 4) is 0 Å². The van der Waals surface area contributed by atoms with Gasteiger partial charge in [0.25, 0.3) is 10.1 Å². The molecule has 1 aromatic rings. The fraction of sp³-hybridized carbons (Fsp3) is 0.800. The molecule has 7 heteroatoms. The Morgan fingerprint density at radius 3 is 2.07 bits per heavy atom. The van der Waals surface area contributed by atoms with Crippen LogP contribution in [0.15, 0.2) is 16.5 Å². The lowest BCUT2D eigenvalue weighted by Crippen LogP contribution is -2.17. The molecule has 158 valence electrons. The molecule has 0 aliphatic heterocycles. The zero-order chi connectivity index (χ0) is 20.1. The summed E-state index contributed by atoms with van der Waals surface area (Å²) in [6, 6.07) is 2.91. The van der Waals surface area contributed by atoms with Crippen LogP contribution in [0.1, 0.15) is 102 Å². The van der Waals surface area contributed by atoms with E-state index in [1.54, 1.807) is 0 Å². The van der Waals surface area contributed by atoms with Gasteiger partial charge in [0.05, 0.1) is 6.10 Å². The smallest absolute Gasteiger partial charge is 0.272 e. The quantitative estimate of drug-likeness (QED) is 0.218. The molecule has 0 amide bonds. The van der Waals surface area contributed by atoms with Gasteiger partial charge in [0, 0.05) is 0 Å². The highest BCUT2D eigenvalue weighted by Gasteiger charge is 2.20. The molecular weight excluding hydrogens is 368 g/mol. The maximum Gasteiger partial charge on any atom is 0.272 e. The molecule has 2 N–H and O–H groups in total. The van der Waals surface area contributed by atoms with E-state index in [9.17, 15) is 13.5 Å². The van der Waals surface area contributed by atoms with E-state index in [2.05, 4.69) is 13.8 Å². The molecule has 2 atom stereocenters. The third-order valence-electron chi connectivity index (χ3n) is 4.58. The highest BCUT2D eigenvalue weighted by atomic mass is 32.2. The zero-order valence-corrected chi connectivity index (χ0v) is 17.5. The summed E-state index contributed by atoms with van der Waals surface area (Å²) in [4.78, 5) is 0. The van der Waals surface area contributed by atoms with Crippen molar-refractivity contribution < 1.29 is 27.2 Å². The maximum atomic E-state index is 10.9. The van der Waals surface area contributed by atoms with Crippen molar-refractivity contribution in [2.75, 3.05) is 0 Å². The first-order valence-corrected chi connectivity index (χ1v) is 11.8. The third kappa shape index (κ3) is 11.5. The van der Waals surface area contributed by atoms with Crippen molar-refractivity contribution in [3.05, 3.63) is 23.7 Å². The summed E-state index contributed by atoms with van der Waals surface area (Å²) in [6.07, 6.45) is 11.0. The normalized spacial score (nSPS) is 14.4. The lowest BCUT2D eigenvalue weighted by molar-refractivity contribution is -0.154. The number of rotatable bonds is 16. The van der Waals surface area contributed by atoms with Crippen molar-refractivity contribution in [2.45, 2.75) is 103 Å². The van der Waals surface area contributed by atoms with E-state index in [0.717, 1.165) is 38.5 Å². The SMILES string of the molecule is CCCCCCCC(CCCCCC)OC(O)c1ccc(CS(=O)(=O)O)o1. The monoisotopic (exact) mass is 404 g/mol. The fourth-order valence-electron chi connectivity index (χ4n) is 3.09. The molecule has 0 bridgehead atoms. The van der Waals surface area contributed by atoms with E-state index in [-0.39, 0.29) is 17.6 Å². The van der Waals surface area contributed by atoms with Gasteiger partial charge in [-0.15, -0.1) is 0 Å². The van der Waals surface area contributed by atoms with Crippen molar-refractivity contribution in [2.24, 2.45) is 0 Å². The summed E-state index contributed by atoms with van der Waals surface area (Å²) in [5, 5.41) is 10.3. The number of aliphatic hydroxyl groups excluding tert-OH is 1. The van der Waals surface area contributed by atoms with Crippen molar-refractivity contribution >= 4 is 10.1 Å². The molecule has 0 aliphatic carbocycles. The predicted octanol–water partition coefficient (Wildman–Crippen LogP) is 5.37. The van der Waals surface area contributed by atoms with E-state index in [1.165, 1.54) is 44.2 Å². The van der Waals surface area contributed by atoms with Crippen LogP contribution in [0, 0.1) is 0 Å². The van der Waals surface area contributed by atoms with Gasteiger partial charge in [-0.05, 0) is 25.0 Å².